The molecular formula is C27H34F2N7O10P. The Morgan fingerprint density at radius 1 is 1.34 bits per heavy atom. The largest absolute Gasteiger partial charge is 0.496 e. The van der Waals surface area contributed by atoms with Crippen LogP contribution in [0, 0.1) is 10.1 Å². The zero-order chi connectivity index (χ0) is 34.7. The number of ether oxygens (including phenoxy) is 3. The highest BCUT2D eigenvalue weighted by Gasteiger charge is 2.61. The molecule has 2 aliphatic heterocycles. The highest BCUT2D eigenvalue weighted by Crippen LogP contribution is 2.48. The van der Waals surface area contributed by atoms with Gasteiger partial charge >= 0.3 is 25.6 Å². The molecule has 256 valence electrons. The van der Waals surface area contributed by atoms with Crippen LogP contribution in [0.1, 0.15) is 31.2 Å². The van der Waals surface area contributed by atoms with Crippen molar-refractivity contribution >= 4 is 25.5 Å². The molecule has 3 heterocycles. The summed E-state index contributed by atoms with van der Waals surface area (Å²) in [6.45, 7) is 5.04. The number of alkyl halides is 2. The number of esters is 1. The van der Waals surface area contributed by atoms with Crippen LogP contribution in [0.5, 0.6) is 5.75 Å². The van der Waals surface area contributed by atoms with E-state index in [4.69, 9.17) is 29.0 Å². The van der Waals surface area contributed by atoms with Crippen molar-refractivity contribution in [1.82, 2.24) is 19.5 Å². The molecule has 17 nitrogen and oxygen atoms in total. The van der Waals surface area contributed by atoms with E-state index in [2.05, 4.69) is 21.6 Å². The minimum absolute atomic E-state index is 0.0240. The van der Waals surface area contributed by atoms with Gasteiger partial charge in [0.05, 0.1) is 27.4 Å². The number of benzene rings is 1. The Balaban J connectivity index is 1.50. The van der Waals surface area contributed by atoms with Gasteiger partial charge in [0.15, 0.2) is 17.9 Å². The fourth-order valence-corrected chi connectivity index (χ4v) is 6.11. The molecule has 4 rings (SSSR count). The van der Waals surface area contributed by atoms with Crippen molar-refractivity contribution in [3.05, 3.63) is 76.5 Å². The van der Waals surface area contributed by atoms with E-state index in [1.54, 1.807) is 24.3 Å². The molecule has 1 saturated heterocycles. The highest BCUT2D eigenvalue weighted by molar-refractivity contribution is 7.51. The van der Waals surface area contributed by atoms with E-state index in [0.29, 0.717) is 11.3 Å². The van der Waals surface area contributed by atoms with Gasteiger partial charge in [-0.1, -0.05) is 29.8 Å². The van der Waals surface area contributed by atoms with E-state index >= 15 is 8.78 Å². The fraction of sp³-hybridized carbons (Fsp3) is 0.444. The summed E-state index contributed by atoms with van der Waals surface area (Å²) in [7, 11) is -1.81. The number of imidazole rings is 1. The predicted octanol–water partition coefficient (Wildman–Crippen LogP) is 2.64. The quantitative estimate of drug-likeness (QED) is 0.113. The number of methoxy groups -OCH3 is 1. The smallest absolute Gasteiger partial charge is 0.434 e. The molecule has 47 heavy (non-hydrogen) atoms. The molecule has 0 spiro atoms. The molecule has 2 aromatic rings. The lowest BCUT2D eigenvalue weighted by Gasteiger charge is -2.31. The SMILES string of the molecule is C=C1N=C(N)C=CN1[C@@H]1O[C@H](COP(=O)(N[C@@H](C)C(=O)OC(C)c2cnc([N+](=O)[O-])n2C)OCc2ccccc2OC)C(O)C1(F)F. The lowest BCUT2D eigenvalue weighted by molar-refractivity contribution is -0.396. The van der Waals surface area contributed by atoms with Crippen LogP contribution in [-0.2, 0) is 41.5 Å². The van der Waals surface area contributed by atoms with Crippen molar-refractivity contribution in [2.24, 2.45) is 17.8 Å². The fourth-order valence-electron chi connectivity index (χ4n) is 4.65. The normalized spacial score (nSPS) is 23.1. The van der Waals surface area contributed by atoms with Crippen LogP contribution in [0.25, 0.3) is 0 Å². The van der Waals surface area contributed by atoms with Crippen LogP contribution in [0.4, 0.5) is 14.7 Å². The second-order valence-electron chi connectivity index (χ2n) is 10.4. The number of aromatic nitrogens is 2. The molecule has 6 atom stereocenters. The summed E-state index contributed by atoms with van der Waals surface area (Å²) in [6, 6.07) is 5.19. The van der Waals surface area contributed by atoms with Crippen LogP contribution in [0.15, 0.2) is 60.1 Å². The van der Waals surface area contributed by atoms with Gasteiger partial charge in [-0.25, -0.2) is 19.2 Å². The lowest BCUT2D eigenvalue weighted by atomic mass is 10.1. The highest BCUT2D eigenvalue weighted by atomic mass is 31.2. The van der Waals surface area contributed by atoms with E-state index < -0.39 is 67.7 Å². The molecule has 4 N–H and O–H groups in total. The van der Waals surface area contributed by atoms with Gasteiger partial charge in [0.2, 0.25) is 6.23 Å². The zero-order valence-electron chi connectivity index (χ0n) is 25.7. The van der Waals surface area contributed by atoms with Gasteiger partial charge in [0.25, 0.3) is 0 Å². The number of aliphatic hydroxyl groups is 1. The number of nitrogens with two attached hydrogens (primary N) is 1. The van der Waals surface area contributed by atoms with Gasteiger partial charge in [0, 0.05) is 11.8 Å². The number of amidine groups is 1. The summed E-state index contributed by atoms with van der Waals surface area (Å²) >= 11 is 0. The van der Waals surface area contributed by atoms with Crippen LogP contribution in [0.2, 0.25) is 0 Å². The van der Waals surface area contributed by atoms with Crippen molar-refractivity contribution in [2.45, 2.75) is 57.0 Å². The number of nitrogens with one attached hydrogen (secondary N) is 1. The minimum atomic E-state index is -4.58. The van der Waals surface area contributed by atoms with E-state index in [1.165, 1.54) is 46.5 Å². The molecule has 0 radical (unpaired) electrons. The number of aliphatic hydroxyl groups excluding tert-OH is 1. The topological polar surface area (TPSA) is 215 Å². The Kier molecular flexibility index (Phi) is 10.8. The van der Waals surface area contributed by atoms with Gasteiger partial charge in [-0.15, -0.1) is 0 Å². The standard InChI is InChI=1S/C27H34F2N7O10P/c1-15(24(38)45-16(2)19-12-31-26(34(19)4)36(39)40)33-47(41,43-13-18-8-6-7-9-20(18)42-5)44-14-21-23(37)27(28,29)25(46-21)35-11-10-22(30)32-17(35)3/h6-12,15-16,21,23,25,37H,3,13-14H2,1-2,4-5H3,(H2,30,32)(H,33,41)/t15-,16?,21+,23?,25+,47?/m0/s1. The number of halogens is 2. The van der Waals surface area contributed by atoms with E-state index in [-0.39, 0.29) is 24.0 Å². The first-order valence-corrected chi connectivity index (χ1v) is 15.5. The molecular weight excluding hydrogens is 651 g/mol. The number of para-hydroxylation sites is 1. The second kappa shape index (κ2) is 14.2. The van der Waals surface area contributed by atoms with Gasteiger partial charge in [0.1, 0.15) is 35.7 Å². The van der Waals surface area contributed by atoms with Crippen LogP contribution in [0.3, 0.4) is 0 Å². The van der Waals surface area contributed by atoms with Gasteiger partial charge in [-0.3, -0.25) is 13.8 Å². The Labute approximate surface area is 267 Å². The number of rotatable bonds is 14. The maximum absolute atomic E-state index is 15.2. The molecule has 0 bridgehead atoms. The number of hydrogen-bond donors (Lipinski definition) is 3. The lowest BCUT2D eigenvalue weighted by Crippen LogP contribution is -2.47. The second-order valence-corrected chi connectivity index (χ2v) is 12.2. The maximum atomic E-state index is 15.2. The monoisotopic (exact) mass is 685 g/mol. The molecule has 1 fully saturated rings. The Hall–Kier alpha value is -4.26. The average Bonchev–Trinajstić information content (AvgIpc) is 3.51. The minimum Gasteiger partial charge on any atom is -0.496 e. The van der Waals surface area contributed by atoms with Crippen molar-refractivity contribution in [1.29, 1.82) is 0 Å². The van der Waals surface area contributed by atoms with Crippen molar-refractivity contribution in [2.75, 3.05) is 13.7 Å². The maximum Gasteiger partial charge on any atom is 0.434 e. The number of aliphatic imine (C=N–C) groups is 1. The average molecular weight is 686 g/mol. The molecule has 2 aliphatic rings. The molecule has 0 aliphatic carbocycles. The Bertz CT molecular complexity index is 1620. The number of carbonyl (C=O) groups is 1. The molecule has 3 unspecified atom stereocenters. The van der Waals surface area contributed by atoms with Crippen LogP contribution >= 0.6 is 7.75 Å². The molecule has 20 heteroatoms. The van der Waals surface area contributed by atoms with Gasteiger partial charge < -0.3 is 40.1 Å². The van der Waals surface area contributed by atoms with Crippen LogP contribution in [-0.4, -0.2) is 80.4 Å². The molecule has 0 amide bonds. The third-order valence-corrected chi connectivity index (χ3v) is 8.82. The number of nitrogens with zero attached hydrogens (tertiary/aromatic N) is 5. The molecule has 1 aromatic carbocycles. The van der Waals surface area contributed by atoms with Gasteiger partial charge in [-0.2, -0.15) is 8.78 Å². The molecule has 0 saturated carbocycles. The Morgan fingerprint density at radius 2 is 2.04 bits per heavy atom. The number of carbonyl (C=O) groups excluding carboxylic acids is 1. The van der Waals surface area contributed by atoms with Crippen molar-refractivity contribution < 1.29 is 51.4 Å². The van der Waals surface area contributed by atoms with Crippen molar-refractivity contribution in [3.63, 3.8) is 0 Å². The predicted molar refractivity (Wildman–Crippen MR) is 160 cm³/mol. The summed E-state index contributed by atoms with van der Waals surface area (Å²) in [5, 5.41) is 24.0. The first kappa shape index (κ1) is 35.6. The summed E-state index contributed by atoms with van der Waals surface area (Å²) < 4.78 is 72.6. The van der Waals surface area contributed by atoms with Crippen LogP contribution < -0.4 is 15.6 Å². The third kappa shape index (κ3) is 7.83. The molecule has 1 aromatic heterocycles. The zero-order valence-corrected chi connectivity index (χ0v) is 26.6. The summed E-state index contributed by atoms with van der Waals surface area (Å²) in [5.74, 6) is -5.08. The first-order chi connectivity index (χ1) is 22.1. The van der Waals surface area contributed by atoms with Crippen molar-refractivity contribution in [3.8, 4) is 5.75 Å². The van der Waals surface area contributed by atoms with E-state index in [0.717, 1.165) is 9.47 Å². The third-order valence-electron chi connectivity index (χ3n) is 7.16. The summed E-state index contributed by atoms with van der Waals surface area (Å²) in [4.78, 5) is 31.8. The number of hydrogen-bond acceptors (Lipinski definition) is 14. The van der Waals surface area contributed by atoms with E-state index in [9.17, 15) is 24.6 Å². The summed E-state index contributed by atoms with van der Waals surface area (Å²) in [5.41, 5.74) is 6.22. The Morgan fingerprint density at radius 3 is 2.68 bits per heavy atom. The first-order valence-electron chi connectivity index (χ1n) is 13.9. The number of nitro groups is 1. The summed E-state index contributed by atoms with van der Waals surface area (Å²) in [6.07, 6.45) is -3.66. The van der Waals surface area contributed by atoms with Gasteiger partial charge in [-0.05, 0) is 30.9 Å². The van der Waals surface area contributed by atoms with E-state index in [1.807, 2.05) is 0 Å².